The van der Waals surface area contributed by atoms with Gasteiger partial charge in [0.2, 0.25) is 5.91 Å². The number of benzene rings is 1. The quantitative estimate of drug-likeness (QED) is 0.776. The van der Waals surface area contributed by atoms with E-state index in [9.17, 15) is 4.79 Å². The van der Waals surface area contributed by atoms with E-state index >= 15 is 0 Å². The zero-order chi connectivity index (χ0) is 11.0. The van der Waals surface area contributed by atoms with Crippen molar-refractivity contribution in [3.05, 3.63) is 34.9 Å². The van der Waals surface area contributed by atoms with E-state index in [-0.39, 0.29) is 18.0 Å². The van der Waals surface area contributed by atoms with Gasteiger partial charge in [-0.1, -0.05) is 29.8 Å². The molecule has 2 unspecified atom stereocenters. The average molecular weight is 225 g/mol. The van der Waals surface area contributed by atoms with Crippen LogP contribution in [0.5, 0.6) is 0 Å². The van der Waals surface area contributed by atoms with E-state index in [2.05, 4.69) is 0 Å². The predicted octanol–water partition coefficient (Wildman–Crippen LogP) is 1.57. The number of hydrogen-bond donors (Lipinski definition) is 1. The molecule has 2 atom stereocenters. The highest BCUT2D eigenvalue weighted by Crippen LogP contribution is 2.30. The Labute approximate surface area is 93.8 Å². The molecular weight excluding hydrogens is 212 g/mol. The third kappa shape index (κ3) is 1.73. The van der Waals surface area contributed by atoms with Gasteiger partial charge in [-0.05, 0) is 18.6 Å². The first-order chi connectivity index (χ1) is 7.11. The Balaban J connectivity index is 2.19. The second-order valence-electron chi connectivity index (χ2n) is 3.79. The molecule has 0 radical (unpaired) electrons. The van der Waals surface area contributed by atoms with E-state index in [1.165, 1.54) is 0 Å². The van der Waals surface area contributed by atoms with Gasteiger partial charge in [0.05, 0.1) is 6.04 Å². The highest BCUT2D eigenvalue weighted by molar-refractivity contribution is 6.31. The lowest BCUT2D eigenvalue weighted by atomic mass is 10.0. The van der Waals surface area contributed by atoms with Crippen LogP contribution in [0.3, 0.4) is 0 Å². The van der Waals surface area contributed by atoms with Crippen molar-refractivity contribution in [2.45, 2.75) is 19.0 Å². The predicted molar refractivity (Wildman–Crippen MR) is 59.6 cm³/mol. The van der Waals surface area contributed by atoms with Crippen LogP contribution in [-0.2, 0) is 4.79 Å². The third-order valence-corrected chi connectivity index (χ3v) is 3.16. The maximum Gasteiger partial charge on any atom is 0.241 e. The van der Waals surface area contributed by atoms with Gasteiger partial charge in [0.1, 0.15) is 6.04 Å². The summed E-state index contributed by atoms with van der Waals surface area (Å²) in [5, 5.41) is 0.693. The first kappa shape index (κ1) is 10.5. The summed E-state index contributed by atoms with van der Waals surface area (Å²) >= 11 is 6.06. The molecule has 2 rings (SSSR count). The fourth-order valence-corrected chi connectivity index (χ4v) is 2.10. The van der Waals surface area contributed by atoms with Crippen molar-refractivity contribution in [2.75, 3.05) is 6.54 Å². The van der Waals surface area contributed by atoms with Crippen LogP contribution in [0, 0.1) is 0 Å². The van der Waals surface area contributed by atoms with Gasteiger partial charge in [0, 0.05) is 11.6 Å². The number of hydrogen-bond acceptors (Lipinski definition) is 2. The van der Waals surface area contributed by atoms with Gasteiger partial charge in [-0.25, -0.2) is 0 Å². The third-order valence-electron chi connectivity index (χ3n) is 2.82. The van der Waals surface area contributed by atoms with E-state index in [1.54, 1.807) is 4.90 Å². The summed E-state index contributed by atoms with van der Waals surface area (Å²) in [4.78, 5) is 13.2. The van der Waals surface area contributed by atoms with Crippen LogP contribution in [0.25, 0.3) is 0 Å². The van der Waals surface area contributed by atoms with Crippen molar-refractivity contribution < 1.29 is 4.79 Å². The smallest absolute Gasteiger partial charge is 0.241 e. The molecule has 1 fully saturated rings. The normalized spacial score (nSPS) is 22.5. The van der Waals surface area contributed by atoms with E-state index in [0.29, 0.717) is 11.6 Å². The minimum atomic E-state index is -0.324. The molecule has 1 aromatic carbocycles. The van der Waals surface area contributed by atoms with E-state index in [4.69, 9.17) is 17.3 Å². The Morgan fingerprint density at radius 3 is 2.73 bits per heavy atom. The van der Waals surface area contributed by atoms with E-state index in [1.807, 2.05) is 31.2 Å². The van der Waals surface area contributed by atoms with Crippen LogP contribution in [-0.4, -0.2) is 23.4 Å². The summed E-state index contributed by atoms with van der Waals surface area (Å²) in [6.45, 7) is 2.58. The molecule has 1 amide bonds. The Hall–Kier alpha value is -1.06. The summed E-state index contributed by atoms with van der Waals surface area (Å²) in [7, 11) is 0. The first-order valence-electron chi connectivity index (χ1n) is 4.91. The lowest BCUT2D eigenvalue weighted by Crippen LogP contribution is -2.61. The molecule has 0 saturated carbocycles. The number of likely N-dealkylation sites (tertiary alicyclic amines) is 1. The standard InChI is InChI=1S/C11H13ClN2O/c1-7(14-6-10(13)11(14)15)8-4-2-3-5-9(8)12/h2-5,7,10H,6,13H2,1H3. The average Bonchev–Trinajstić information content (AvgIpc) is 2.25. The van der Waals surface area contributed by atoms with Gasteiger partial charge < -0.3 is 10.6 Å². The van der Waals surface area contributed by atoms with E-state index < -0.39 is 0 Å². The summed E-state index contributed by atoms with van der Waals surface area (Å²) in [5.41, 5.74) is 6.51. The highest BCUT2D eigenvalue weighted by Gasteiger charge is 2.37. The molecule has 0 bridgehead atoms. The van der Waals surface area contributed by atoms with Crippen molar-refractivity contribution in [2.24, 2.45) is 5.73 Å². The molecule has 2 N–H and O–H groups in total. The topological polar surface area (TPSA) is 46.3 Å². The molecule has 4 heteroatoms. The molecule has 80 valence electrons. The molecule has 3 nitrogen and oxygen atoms in total. The van der Waals surface area contributed by atoms with Gasteiger partial charge in [0.15, 0.2) is 0 Å². The van der Waals surface area contributed by atoms with Gasteiger partial charge in [0.25, 0.3) is 0 Å². The zero-order valence-electron chi connectivity index (χ0n) is 8.48. The molecule has 1 saturated heterocycles. The van der Waals surface area contributed by atoms with Crippen molar-refractivity contribution in [3.8, 4) is 0 Å². The molecular formula is C11H13ClN2O. The first-order valence-corrected chi connectivity index (χ1v) is 5.29. The lowest BCUT2D eigenvalue weighted by molar-refractivity contribution is -0.145. The molecule has 0 spiro atoms. The van der Waals surface area contributed by atoms with Crippen molar-refractivity contribution in [3.63, 3.8) is 0 Å². The maximum absolute atomic E-state index is 11.4. The molecule has 0 aliphatic carbocycles. The van der Waals surface area contributed by atoms with Gasteiger partial charge >= 0.3 is 0 Å². The zero-order valence-corrected chi connectivity index (χ0v) is 9.24. The number of halogens is 1. The van der Waals surface area contributed by atoms with Crippen LogP contribution < -0.4 is 5.73 Å². The molecule has 1 aromatic rings. The fourth-order valence-electron chi connectivity index (χ4n) is 1.81. The Morgan fingerprint density at radius 1 is 1.53 bits per heavy atom. The Bertz CT molecular complexity index is 394. The van der Waals surface area contributed by atoms with Crippen LogP contribution in [0.1, 0.15) is 18.5 Å². The van der Waals surface area contributed by atoms with Crippen LogP contribution in [0.4, 0.5) is 0 Å². The van der Waals surface area contributed by atoms with Crippen molar-refractivity contribution in [1.82, 2.24) is 4.90 Å². The Kier molecular flexibility index (Phi) is 2.67. The number of rotatable bonds is 2. The number of nitrogens with zero attached hydrogens (tertiary/aromatic N) is 1. The number of carbonyl (C=O) groups is 1. The van der Waals surface area contributed by atoms with Crippen LogP contribution in [0.2, 0.25) is 5.02 Å². The highest BCUT2D eigenvalue weighted by atomic mass is 35.5. The Morgan fingerprint density at radius 2 is 2.20 bits per heavy atom. The minimum absolute atomic E-state index is 0.00224. The number of nitrogens with two attached hydrogens (primary N) is 1. The largest absolute Gasteiger partial charge is 0.332 e. The summed E-state index contributed by atoms with van der Waals surface area (Å²) in [5.74, 6) is 0.00224. The number of β-lactam (4-membered cyclic amide) rings is 1. The van der Waals surface area contributed by atoms with Crippen LogP contribution in [0.15, 0.2) is 24.3 Å². The molecule has 1 aliphatic rings. The second-order valence-corrected chi connectivity index (χ2v) is 4.20. The second kappa shape index (κ2) is 3.83. The van der Waals surface area contributed by atoms with Gasteiger partial charge in [-0.15, -0.1) is 0 Å². The van der Waals surface area contributed by atoms with Gasteiger partial charge in [-0.2, -0.15) is 0 Å². The van der Waals surface area contributed by atoms with Crippen molar-refractivity contribution >= 4 is 17.5 Å². The minimum Gasteiger partial charge on any atom is -0.332 e. The summed E-state index contributed by atoms with van der Waals surface area (Å²) < 4.78 is 0. The lowest BCUT2D eigenvalue weighted by Gasteiger charge is -2.41. The van der Waals surface area contributed by atoms with Gasteiger partial charge in [-0.3, -0.25) is 4.79 Å². The van der Waals surface area contributed by atoms with Crippen molar-refractivity contribution in [1.29, 1.82) is 0 Å². The maximum atomic E-state index is 11.4. The molecule has 15 heavy (non-hydrogen) atoms. The molecule has 0 aromatic heterocycles. The SMILES string of the molecule is CC(c1ccccc1Cl)N1CC(N)C1=O. The molecule has 1 heterocycles. The monoisotopic (exact) mass is 224 g/mol. The number of amides is 1. The summed E-state index contributed by atoms with van der Waals surface area (Å²) in [6, 6.07) is 7.24. The summed E-state index contributed by atoms with van der Waals surface area (Å²) in [6.07, 6.45) is 0. The van der Waals surface area contributed by atoms with E-state index in [0.717, 1.165) is 5.56 Å². The fraction of sp³-hybridized carbons (Fsp3) is 0.364. The van der Waals surface area contributed by atoms with Crippen LogP contribution >= 0.6 is 11.6 Å². The molecule has 1 aliphatic heterocycles. The number of carbonyl (C=O) groups excluding carboxylic acids is 1.